The number of nitrogens with one attached hydrogen (secondary N) is 2. The number of pyridine rings is 1. The first-order valence-corrected chi connectivity index (χ1v) is 10.5. The third-order valence-corrected chi connectivity index (χ3v) is 5.61. The van der Waals surface area contributed by atoms with E-state index in [1.165, 1.54) is 0 Å². The van der Waals surface area contributed by atoms with E-state index in [1.807, 2.05) is 18.2 Å². The van der Waals surface area contributed by atoms with Crippen molar-refractivity contribution in [2.24, 2.45) is 0 Å². The van der Waals surface area contributed by atoms with Gasteiger partial charge >= 0.3 is 0 Å². The van der Waals surface area contributed by atoms with Crippen molar-refractivity contribution in [1.82, 2.24) is 15.2 Å². The summed E-state index contributed by atoms with van der Waals surface area (Å²) in [6, 6.07) is 9.07. The second kappa shape index (κ2) is 9.47. The molecule has 1 aromatic carbocycles. The van der Waals surface area contributed by atoms with E-state index in [0.29, 0.717) is 23.7 Å². The molecule has 0 radical (unpaired) electrons. The lowest BCUT2D eigenvalue weighted by Gasteiger charge is -2.36. The van der Waals surface area contributed by atoms with Gasteiger partial charge in [-0.15, -0.1) is 0 Å². The van der Waals surface area contributed by atoms with Crippen molar-refractivity contribution in [3.63, 3.8) is 0 Å². The summed E-state index contributed by atoms with van der Waals surface area (Å²) in [5.74, 6) is -0.339. The number of amides is 2. The highest BCUT2D eigenvalue weighted by molar-refractivity contribution is 5.97. The van der Waals surface area contributed by atoms with Crippen LogP contribution in [0.2, 0.25) is 0 Å². The molecule has 10 heteroatoms. The zero-order chi connectivity index (χ0) is 22.7. The van der Waals surface area contributed by atoms with Gasteiger partial charge < -0.3 is 20.3 Å². The van der Waals surface area contributed by atoms with Gasteiger partial charge in [0.05, 0.1) is 24.0 Å². The average Bonchev–Trinajstić information content (AvgIpc) is 2.79. The summed E-state index contributed by atoms with van der Waals surface area (Å²) >= 11 is 0. The van der Waals surface area contributed by atoms with Crippen LogP contribution in [0.1, 0.15) is 22.5 Å². The van der Waals surface area contributed by atoms with Crippen molar-refractivity contribution >= 4 is 23.2 Å². The van der Waals surface area contributed by atoms with E-state index < -0.39 is 24.9 Å². The highest BCUT2D eigenvalue weighted by Crippen LogP contribution is 2.32. The number of carbonyl (C=O) groups is 2. The molecule has 3 heterocycles. The van der Waals surface area contributed by atoms with Gasteiger partial charge in [0.1, 0.15) is 11.4 Å². The summed E-state index contributed by atoms with van der Waals surface area (Å²) in [7, 11) is 1.57. The molecule has 0 unspecified atom stereocenters. The minimum Gasteiger partial charge on any atom is -0.478 e. The largest absolute Gasteiger partial charge is 0.478 e. The number of alkyl halides is 2. The lowest BCUT2D eigenvalue weighted by Crippen LogP contribution is -2.46. The van der Waals surface area contributed by atoms with E-state index in [4.69, 9.17) is 4.74 Å². The standard InChI is InChI=1S/C22H25F2N5O3/c1-25-21(30)16-4-3-15(12-26-16)29-8-6-28(7-9-29)13-14-2-5-18-17(10-14)27-22(31)19(32-18)11-20(23)24/h2-5,10,12,19-20H,6-9,11,13H2,1H3,(H,25,30)(H,27,31)/t19-/m1/s1. The predicted molar refractivity (Wildman–Crippen MR) is 115 cm³/mol. The van der Waals surface area contributed by atoms with Crippen LogP contribution < -0.4 is 20.3 Å². The lowest BCUT2D eigenvalue weighted by atomic mass is 10.1. The Kier molecular flexibility index (Phi) is 6.50. The number of halogens is 2. The molecule has 2 N–H and O–H groups in total. The molecule has 2 aromatic rings. The van der Waals surface area contributed by atoms with Crippen molar-refractivity contribution in [1.29, 1.82) is 0 Å². The van der Waals surface area contributed by atoms with Crippen LogP contribution >= 0.6 is 0 Å². The smallest absolute Gasteiger partial charge is 0.269 e. The van der Waals surface area contributed by atoms with E-state index in [9.17, 15) is 18.4 Å². The Morgan fingerprint density at radius 2 is 2.03 bits per heavy atom. The zero-order valence-electron chi connectivity index (χ0n) is 17.7. The van der Waals surface area contributed by atoms with Crippen molar-refractivity contribution in [3.8, 4) is 5.75 Å². The molecular weight excluding hydrogens is 420 g/mol. The summed E-state index contributed by atoms with van der Waals surface area (Å²) in [6.45, 7) is 4.02. The number of carbonyl (C=O) groups excluding carboxylic acids is 2. The Balaban J connectivity index is 1.32. The molecule has 32 heavy (non-hydrogen) atoms. The fraction of sp³-hybridized carbons (Fsp3) is 0.409. The number of rotatable bonds is 6. The first kappa shape index (κ1) is 21.9. The molecule has 1 saturated heterocycles. The van der Waals surface area contributed by atoms with Crippen LogP contribution in [0.3, 0.4) is 0 Å². The number of hydrogen-bond acceptors (Lipinski definition) is 6. The SMILES string of the molecule is CNC(=O)c1ccc(N2CCN(Cc3ccc4c(c3)NC(=O)[C@@H](CC(F)F)O4)CC2)cn1. The molecule has 1 atom stereocenters. The quantitative estimate of drug-likeness (QED) is 0.709. The first-order valence-electron chi connectivity index (χ1n) is 10.5. The van der Waals surface area contributed by atoms with Crippen LogP contribution in [0.4, 0.5) is 20.2 Å². The number of ether oxygens (including phenoxy) is 1. The molecule has 2 aliphatic rings. The van der Waals surface area contributed by atoms with Gasteiger partial charge in [-0.05, 0) is 29.8 Å². The maximum Gasteiger partial charge on any atom is 0.269 e. The first-order chi connectivity index (χ1) is 15.4. The van der Waals surface area contributed by atoms with Crippen LogP contribution in [0, 0.1) is 0 Å². The van der Waals surface area contributed by atoms with Crippen LogP contribution in [0.25, 0.3) is 0 Å². The Hall–Kier alpha value is -3.27. The Morgan fingerprint density at radius 1 is 1.25 bits per heavy atom. The number of nitrogens with zero attached hydrogens (tertiary/aromatic N) is 3. The summed E-state index contributed by atoms with van der Waals surface area (Å²) in [5.41, 5.74) is 2.88. The van der Waals surface area contributed by atoms with Crippen LogP contribution in [0.15, 0.2) is 36.5 Å². The van der Waals surface area contributed by atoms with Gasteiger partial charge in [-0.25, -0.2) is 13.8 Å². The van der Waals surface area contributed by atoms with E-state index in [-0.39, 0.29) is 5.91 Å². The van der Waals surface area contributed by atoms with Gasteiger partial charge in [0.25, 0.3) is 11.8 Å². The fourth-order valence-electron chi connectivity index (χ4n) is 3.87. The number of hydrogen-bond donors (Lipinski definition) is 2. The van der Waals surface area contributed by atoms with Gasteiger partial charge in [-0.1, -0.05) is 6.07 Å². The molecule has 170 valence electrons. The molecule has 2 aliphatic heterocycles. The lowest BCUT2D eigenvalue weighted by molar-refractivity contribution is -0.125. The van der Waals surface area contributed by atoms with E-state index in [0.717, 1.165) is 37.4 Å². The highest BCUT2D eigenvalue weighted by atomic mass is 19.3. The number of benzene rings is 1. The monoisotopic (exact) mass is 445 g/mol. The number of aromatic nitrogens is 1. The van der Waals surface area contributed by atoms with Gasteiger partial charge in [0, 0.05) is 39.8 Å². The maximum atomic E-state index is 12.6. The highest BCUT2D eigenvalue weighted by Gasteiger charge is 2.30. The van der Waals surface area contributed by atoms with Crippen molar-refractivity contribution in [2.75, 3.05) is 43.4 Å². The van der Waals surface area contributed by atoms with E-state index in [1.54, 1.807) is 25.4 Å². The molecule has 1 aromatic heterocycles. The zero-order valence-corrected chi connectivity index (χ0v) is 17.7. The summed E-state index contributed by atoms with van der Waals surface area (Å²) in [6.07, 6.45) is -2.68. The molecular formula is C22H25F2N5O3. The van der Waals surface area contributed by atoms with Crippen molar-refractivity contribution in [3.05, 3.63) is 47.8 Å². The topological polar surface area (TPSA) is 86.8 Å². The van der Waals surface area contributed by atoms with Crippen LogP contribution in [0.5, 0.6) is 5.75 Å². The minimum atomic E-state index is -2.60. The van der Waals surface area contributed by atoms with Crippen molar-refractivity contribution in [2.45, 2.75) is 25.5 Å². The maximum absolute atomic E-state index is 12.6. The second-order valence-corrected chi connectivity index (χ2v) is 7.80. The average molecular weight is 445 g/mol. The summed E-state index contributed by atoms with van der Waals surface area (Å²) in [5, 5.41) is 5.24. The number of anilines is 2. The Bertz CT molecular complexity index is 978. The van der Waals surface area contributed by atoms with Gasteiger partial charge in [-0.3, -0.25) is 14.5 Å². The van der Waals surface area contributed by atoms with Gasteiger partial charge in [0.2, 0.25) is 6.43 Å². The Labute approximate surface area is 184 Å². The molecule has 2 amide bonds. The van der Waals surface area contributed by atoms with E-state index in [2.05, 4.69) is 25.4 Å². The van der Waals surface area contributed by atoms with Crippen LogP contribution in [-0.2, 0) is 11.3 Å². The Morgan fingerprint density at radius 3 is 2.69 bits per heavy atom. The fourth-order valence-corrected chi connectivity index (χ4v) is 3.87. The van der Waals surface area contributed by atoms with Crippen molar-refractivity contribution < 1.29 is 23.1 Å². The summed E-state index contributed by atoms with van der Waals surface area (Å²) < 4.78 is 30.7. The third kappa shape index (κ3) is 4.96. The molecule has 0 aliphatic carbocycles. The summed E-state index contributed by atoms with van der Waals surface area (Å²) in [4.78, 5) is 32.4. The molecule has 4 rings (SSSR count). The minimum absolute atomic E-state index is 0.211. The molecule has 1 fully saturated rings. The molecule has 8 nitrogen and oxygen atoms in total. The number of piperazine rings is 1. The third-order valence-electron chi connectivity index (χ3n) is 5.61. The van der Waals surface area contributed by atoms with Gasteiger partial charge in [0.15, 0.2) is 6.10 Å². The normalized spacial score (nSPS) is 18.7. The molecule has 0 spiro atoms. The predicted octanol–water partition coefficient (Wildman–Crippen LogP) is 2.12. The van der Waals surface area contributed by atoms with Crippen LogP contribution in [-0.4, -0.2) is 67.5 Å². The number of fused-ring (bicyclic) bond motifs is 1. The molecule has 0 saturated carbocycles. The van der Waals surface area contributed by atoms with Gasteiger partial charge in [-0.2, -0.15) is 0 Å². The van der Waals surface area contributed by atoms with E-state index >= 15 is 0 Å². The molecule has 0 bridgehead atoms. The second-order valence-electron chi connectivity index (χ2n) is 7.80.